The highest BCUT2D eigenvalue weighted by atomic mass is 19.1. The average Bonchev–Trinajstić information content (AvgIpc) is 2.46. The number of hydrogen-bond acceptors (Lipinski definition) is 5. The molecule has 0 spiro atoms. The van der Waals surface area contributed by atoms with Crippen molar-refractivity contribution in [2.45, 2.75) is 19.3 Å². The fraction of sp³-hybridized carbons (Fsp3) is 0.333. The second kappa shape index (κ2) is 5.45. The van der Waals surface area contributed by atoms with Crippen molar-refractivity contribution >= 4 is 23.4 Å². The summed E-state index contributed by atoms with van der Waals surface area (Å²) in [6.07, 6.45) is 0. The maximum absolute atomic E-state index is 14.2. The molecule has 0 saturated carbocycles. The number of nitrogens with one attached hydrogen (secondary N) is 1. The first-order chi connectivity index (χ1) is 10.6. The standard InChI is InChI=1S/C15H14FNO6/c1-15(2)10-6(3-4-7(18)11(10)16)12(21)9(13(15)22)14(23)17-5-8(19)20/h3-4,9,18H,5H2,1-2H3,(H,17,23)(H,19,20). The Morgan fingerprint density at radius 1 is 1.30 bits per heavy atom. The molecule has 0 radical (unpaired) electrons. The number of aromatic hydroxyl groups is 1. The van der Waals surface area contributed by atoms with Gasteiger partial charge in [0.2, 0.25) is 5.91 Å². The number of phenolic OH excluding ortho intramolecular Hbond substituents is 1. The summed E-state index contributed by atoms with van der Waals surface area (Å²) in [7, 11) is 0. The number of fused-ring (bicyclic) bond motifs is 1. The number of carbonyl (C=O) groups is 4. The zero-order valence-corrected chi connectivity index (χ0v) is 12.3. The number of hydrogen-bond donors (Lipinski definition) is 3. The third kappa shape index (κ3) is 2.56. The van der Waals surface area contributed by atoms with Crippen molar-refractivity contribution in [1.82, 2.24) is 5.32 Å². The van der Waals surface area contributed by atoms with Gasteiger partial charge in [-0.2, -0.15) is 0 Å². The van der Waals surface area contributed by atoms with E-state index in [0.717, 1.165) is 12.1 Å². The second-order valence-corrected chi connectivity index (χ2v) is 5.72. The molecule has 1 aromatic rings. The van der Waals surface area contributed by atoms with Crippen molar-refractivity contribution < 1.29 is 33.8 Å². The highest BCUT2D eigenvalue weighted by Crippen LogP contribution is 2.40. The molecular formula is C15H14FNO6. The van der Waals surface area contributed by atoms with Crippen LogP contribution in [-0.4, -0.2) is 40.2 Å². The van der Waals surface area contributed by atoms with Crippen molar-refractivity contribution in [2.24, 2.45) is 5.92 Å². The summed E-state index contributed by atoms with van der Waals surface area (Å²) in [4.78, 5) is 47.4. The van der Waals surface area contributed by atoms with E-state index in [-0.39, 0.29) is 11.1 Å². The van der Waals surface area contributed by atoms with Crippen LogP contribution in [0, 0.1) is 11.7 Å². The van der Waals surface area contributed by atoms with Crippen LogP contribution in [0.4, 0.5) is 4.39 Å². The lowest BCUT2D eigenvalue weighted by atomic mass is 9.66. The van der Waals surface area contributed by atoms with Gasteiger partial charge < -0.3 is 15.5 Å². The first-order valence-corrected chi connectivity index (χ1v) is 6.69. The van der Waals surface area contributed by atoms with E-state index in [0.29, 0.717) is 0 Å². The first-order valence-electron chi connectivity index (χ1n) is 6.69. The van der Waals surface area contributed by atoms with Gasteiger partial charge in [-0.05, 0) is 26.0 Å². The molecular weight excluding hydrogens is 309 g/mol. The Bertz CT molecular complexity index is 740. The summed E-state index contributed by atoms with van der Waals surface area (Å²) in [5, 5.41) is 20.0. The summed E-state index contributed by atoms with van der Waals surface area (Å²) in [5.41, 5.74) is -1.98. The second-order valence-electron chi connectivity index (χ2n) is 5.72. The first kappa shape index (κ1) is 16.6. The van der Waals surface area contributed by atoms with Crippen LogP contribution in [0.15, 0.2) is 12.1 Å². The van der Waals surface area contributed by atoms with Crippen molar-refractivity contribution in [3.8, 4) is 5.75 Å². The number of Topliss-reactive ketones (excluding diaryl/α,β-unsaturated/α-hetero) is 2. The SMILES string of the molecule is CC1(C)C(=O)C(C(=O)NCC(=O)O)C(=O)c2ccc(O)c(F)c21. The Morgan fingerprint density at radius 3 is 2.48 bits per heavy atom. The number of halogens is 1. The average molecular weight is 323 g/mol. The summed E-state index contributed by atoms with van der Waals surface area (Å²) >= 11 is 0. The molecule has 0 aliphatic heterocycles. The normalized spacial score (nSPS) is 19.2. The van der Waals surface area contributed by atoms with Crippen molar-refractivity contribution in [1.29, 1.82) is 0 Å². The Labute approximate surface area is 130 Å². The molecule has 23 heavy (non-hydrogen) atoms. The zero-order valence-electron chi connectivity index (χ0n) is 12.3. The number of rotatable bonds is 3. The molecule has 1 atom stereocenters. The van der Waals surface area contributed by atoms with Crippen LogP contribution in [0.25, 0.3) is 0 Å². The van der Waals surface area contributed by atoms with E-state index >= 15 is 0 Å². The summed E-state index contributed by atoms with van der Waals surface area (Å²) in [6, 6.07) is 2.10. The minimum atomic E-state index is -1.75. The van der Waals surface area contributed by atoms with E-state index < -0.39 is 52.9 Å². The molecule has 1 unspecified atom stereocenters. The van der Waals surface area contributed by atoms with E-state index in [2.05, 4.69) is 0 Å². The molecule has 122 valence electrons. The molecule has 3 N–H and O–H groups in total. The molecule has 1 aromatic carbocycles. The van der Waals surface area contributed by atoms with Crippen molar-refractivity contribution in [3.63, 3.8) is 0 Å². The number of ketones is 2. The Hall–Kier alpha value is -2.77. The van der Waals surface area contributed by atoms with Crippen LogP contribution >= 0.6 is 0 Å². The molecule has 0 aromatic heterocycles. The van der Waals surface area contributed by atoms with Gasteiger partial charge in [-0.3, -0.25) is 19.2 Å². The monoisotopic (exact) mass is 323 g/mol. The van der Waals surface area contributed by atoms with Crippen LogP contribution in [0.1, 0.15) is 29.8 Å². The lowest BCUT2D eigenvalue weighted by Gasteiger charge is -2.34. The van der Waals surface area contributed by atoms with Crippen LogP contribution in [0.3, 0.4) is 0 Å². The van der Waals surface area contributed by atoms with Gasteiger partial charge >= 0.3 is 5.97 Å². The van der Waals surface area contributed by atoms with E-state index in [4.69, 9.17) is 5.11 Å². The predicted octanol–water partition coefficient (Wildman–Crippen LogP) is 0.391. The molecule has 2 rings (SSSR count). The van der Waals surface area contributed by atoms with Crippen LogP contribution < -0.4 is 5.32 Å². The number of benzene rings is 1. The van der Waals surface area contributed by atoms with Crippen molar-refractivity contribution in [2.75, 3.05) is 6.54 Å². The lowest BCUT2D eigenvalue weighted by molar-refractivity contribution is -0.140. The Morgan fingerprint density at radius 2 is 1.91 bits per heavy atom. The molecule has 8 heteroatoms. The molecule has 1 amide bonds. The smallest absolute Gasteiger partial charge is 0.322 e. The lowest BCUT2D eigenvalue weighted by Crippen LogP contribution is -2.52. The zero-order chi connectivity index (χ0) is 17.5. The number of carboxylic acid groups (broad SMARTS) is 1. The number of carboxylic acids is 1. The van der Waals surface area contributed by atoms with E-state index in [1.807, 2.05) is 5.32 Å². The van der Waals surface area contributed by atoms with Crippen LogP contribution in [-0.2, 0) is 19.8 Å². The summed E-state index contributed by atoms with van der Waals surface area (Å²) in [5.74, 6) is -7.70. The van der Waals surface area contributed by atoms with E-state index in [9.17, 15) is 28.7 Å². The van der Waals surface area contributed by atoms with Gasteiger partial charge in [-0.15, -0.1) is 0 Å². The van der Waals surface area contributed by atoms with Gasteiger partial charge in [0.05, 0.1) is 5.41 Å². The van der Waals surface area contributed by atoms with Crippen LogP contribution in [0.5, 0.6) is 5.75 Å². The highest BCUT2D eigenvalue weighted by Gasteiger charge is 2.51. The predicted molar refractivity (Wildman–Crippen MR) is 74.6 cm³/mol. The molecule has 0 bridgehead atoms. The number of carbonyl (C=O) groups excluding carboxylic acids is 3. The van der Waals surface area contributed by atoms with Gasteiger partial charge in [-0.25, -0.2) is 4.39 Å². The maximum atomic E-state index is 14.2. The van der Waals surface area contributed by atoms with E-state index in [1.165, 1.54) is 13.8 Å². The number of aliphatic carboxylic acids is 1. The Kier molecular flexibility index (Phi) is 3.94. The summed E-state index contributed by atoms with van der Waals surface area (Å²) in [6.45, 7) is 1.92. The fourth-order valence-corrected chi connectivity index (χ4v) is 2.64. The van der Waals surface area contributed by atoms with Crippen LogP contribution in [0.2, 0.25) is 0 Å². The molecule has 0 saturated heterocycles. The largest absolute Gasteiger partial charge is 0.505 e. The third-order valence-corrected chi connectivity index (χ3v) is 3.83. The quantitative estimate of drug-likeness (QED) is 0.692. The number of amides is 1. The van der Waals surface area contributed by atoms with Gasteiger partial charge in [-0.1, -0.05) is 0 Å². The molecule has 0 heterocycles. The molecule has 0 fully saturated rings. The maximum Gasteiger partial charge on any atom is 0.322 e. The topological polar surface area (TPSA) is 121 Å². The van der Waals surface area contributed by atoms with Crippen molar-refractivity contribution in [3.05, 3.63) is 29.1 Å². The minimum Gasteiger partial charge on any atom is -0.505 e. The highest BCUT2D eigenvalue weighted by molar-refractivity contribution is 6.29. The van der Waals surface area contributed by atoms with E-state index in [1.54, 1.807) is 0 Å². The van der Waals surface area contributed by atoms with Gasteiger partial charge in [0, 0.05) is 11.1 Å². The molecule has 7 nitrogen and oxygen atoms in total. The summed E-state index contributed by atoms with van der Waals surface area (Å²) < 4.78 is 14.2. The number of phenols is 1. The van der Waals surface area contributed by atoms with Gasteiger partial charge in [0.1, 0.15) is 6.54 Å². The van der Waals surface area contributed by atoms with Gasteiger partial charge in [0.15, 0.2) is 29.1 Å². The molecule has 1 aliphatic carbocycles. The minimum absolute atomic E-state index is 0.180. The fourth-order valence-electron chi connectivity index (χ4n) is 2.64. The van der Waals surface area contributed by atoms with Gasteiger partial charge in [0.25, 0.3) is 0 Å². The third-order valence-electron chi connectivity index (χ3n) is 3.83. The molecule has 1 aliphatic rings. The Balaban J connectivity index is 2.53.